The molecule has 5 heteroatoms. The summed E-state index contributed by atoms with van der Waals surface area (Å²) in [5, 5.41) is 0. The number of nitrogens with zero attached hydrogens (tertiary/aromatic N) is 1. The Morgan fingerprint density at radius 2 is 2.07 bits per heavy atom. The van der Waals surface area contributed by atoms with Gasteiger partial charge in [-0.3, -0.25) is 4.79 Å². The molecule has 0 aromatic carbocycles. The van der Waals surface area contributed by atoms with Gasteiger partial charge >= 0.3 is 6.18 Å². The van der Waals surface area contributed by atoms with Crippen LogP contribution in [0, 0.1) is 0 Å². The van der Waals surface area contributed by atoms with Gasteiger partial charge < -0.3 is 4.57 Å². The van der Waals surface area contributed by atoms with E-state index >= 15 is 0 Å². The maximum atomic E-state index is 12.2. The minimum Gasteiger partial charge on any atom is -0.311 e. The van der Waals surface area contributed by atoms with Crippen molar-refractivity contribution in [3.05, 3.63) is 46.9 Å². The van der Waals surface area contributed by atoms with Gasteiger partial charge in [-0.25, -0.2) is 0 Å². The van der Waals surface area contributed by atoms with Gasteiger partial charge in [0.2, 0.25) is 0 Å². The Kier molecular flexibility index (Phi) is 2.78. The lowest BCUT2D eigenvalue weighted by atomic mass is 10.3. The lowest BCUT2D eigenvalue weighted by Gasteiger charge is -2.08. The quantitative estimate of drug-likeness (QED) is 0.674. The number of rotatable bonds is 2. The summed E-state index contributed by atoms with van der Waals surface area (Å²) in [7, 11) is 0. The van der Waals surface area contributed by atoms with E-state index in [1.54, 1.807) is 0 Å². The van der Waals surface area contributed by atoms with Crippen LogP contribution in [-0.2, 0) is 12.7 Å². The third-order valence-corrected chi connectivity index (χ3v) is 1.64. The second kappa shape index (κ2) is 3.69. The van der Waals surface area contributed by atoms with E-state index in [1.807, 2.05) is 0 Å². The van der Waals surface area contributed by atoms with Gasteiger partial charge in [-0.15, -0.1) is 6.58 Å². The number of aromatic nitrogens is 1. The van der Waals surface area contributed by atoms with Gasteiger partial charge in [-0.05, 0) is 6.07 Å². The summed E-state index contributed by atoms with van der Waals surface area (Å²) in [6.07, 6.45) is -2.28. The third-order valence-electron chi connectivity index (χ3n) is 1.64. The second-order valence-corrected chi connectivity index (χ2v) is 2.69. The minimum absolute atomic E-state index is 0.0722. The molecule has 1 aromatic rings. The van der Waals surface area contributed by atoms with Crippen molar-refractivity contribution in [2.24, 2.45) is 0 Å². The Morgan fingerprint density at radius 3 is 2.57 bits per heavy atom. The summed E-state index contributed by atoms with van der Waals surface area (Å²) in [6, 6.07) is 1.66. The zero-order chi connectivity index (χ0) is 10.8. The van der Waals surface area contributed by atoms with Gasteiger partial charge in [-0.1, -0.05) is 6.08 Å². The van der Waals surface area contributed by atoms with Crippen molar-refractivity contribution in [1.29, 1.82) is 0 Å². The summed E-state index contributed by atoms with van der Waals surface area (Å²) < 4.78 is 37.6. The van der Waals surface area contributed by atoms with Gasteiger partial charge in [0.25, 0.3) is 5.56 Å². The van der Waals surface area contributed by atoms with Crippen molar-refractivity contribution in [2.45, 2.75) is 12.7 Å². The van der Waals surface area contributed by atoms with Crippen molar-refractivity contribution in [3.63, 3.8) is 0 Å². The highest BCUT2D eigenvalue weighted by molar-refractivity contribution is 5.13. The van der Waals surface area contributed by atoms with Crippen molar-refractivity contribution < 1.29 is 13.2 Å². The molecule has 0 bridgehead atoms. The highest BCUT2D eigenvalue weighted by atomic mass is 19.4. The van der Waals surface area contributed by atoms with E-state index < -0.39 is 17.3 Å². The van der Waals surface area contributed by atoms with Crippen LogP contribution in [0.4, 0.5) is 13.2 Å². The van der Waals surface area contributed by atoms with Crippen LogP contribution in [0.2, 0.25) is 0 Å². The maximum Gasteiger partial charge on any atom is 0.417 e. The first-order valence-corrected chi connectivity index (χ1v) is 3.83. The molecule has 0 radical (unpaired) electrons. The molecule has 76 valence electrons. The maximum absolute atomic E-state index is 12.2. The molecule has 0 atom stereocenters. The predicted molar refractivity (Wildman–Crippen MR) is 45.9 cm³/mol. The summed E-state index contributed by atoms with van der Waals surface area (Å²) in [5.74, 6) is 0. The topological polar surface area (TPSA) is 22.0 Å². The first-order valence-electron chi connectivity index (χ1n) is 3.83. The smallest absolute Gasteiger partial charge is 0.311 e. The molecule has 0 spiro atoms. The van der Waals surface area contributed by atoms with E-state index in [0.29, 0.717) is 0 Å². The third kappa shape index (κ3) is 2.25. The first kappa shape index (κ1) is 10.6. The van der Waals surface area contributed by atoms with E-state index in [4.69, 9.17) is 0 Å². The number of allylic oxidation sites excluding steroid dienone is 1. The molecule has 14 heavy (non-hydrogen) atoms. The molecule has 0 aliphatic heterocycles. The van der Waals surface area contributed by atoms with Crippen molar-refractivity contribution in [1.82, 2.24) is 4.57 Å². The largest absolute Gasteiger partial charge is 0.417 e. The van der Waals surface area contributed by atoms with Crippen LogP contribution >= 0.6 is 0 Å². The fourth-order valence-electron chi connectivity index (χ4n) is 0.981. The molecular weight excluding hydrogens is 195 g/mol. The minimum atomic E-state index is -4.42. The van der Waals surface area contributed by atoms with E-state index in [0.717, 1.165) is 22.9 Å². The summed E-state index contributed by atoms with van der Waals surface area (Å²) >= 11 is 0. The zero-order valence-corrected chi connectivity index (χ0v) is 7.21. The predicted octanol–water partition coefficient (Wildman–Crippen LogP) is 2.05. The van der Waals surface area contributed by atoms with Gasteiger partial charge in [0.05, 0.1) is 5.56 Å². The SMILES string of the molecule is C=CCn1cc(C(F)(F)F)ccc1=O. The molecule has 0 amide bonds. The van der Waals surface area contributed by atoms with E-state index in [1.165, 1.54) is 6.08 Å². The molecule has 0 N–H and O–H groups in total. The van der Waals surface area contributed by atoms with Crippen molar-refractivity contribution in [2.75, 3.05) is 0 Å². The Morgan fingerprint density at radius 1 is 1.43 bits per heavy atom. The molecule has 0 saturated carbocycles. The fraction of sp³-hybridized carbons (Fsp3) is 0.222. The first-order chi connectivity index (χ1) is 6.45. The van der Waals surface area contributed by atoms with Gasteiger partial charge in [0, 0.05) is 18.8 Å². The molecule has 2 nitrogen and oxygen atoms in total. The molecule has 0 aliphatic carbocycles. The Bertz CT molecular complexity index is 392. The molecule has 0 fully saturated rings. The van der Waals surface area contributed by atoms with Crippen LogP contribution in [0.25, 0.3) is 0 Å². The average molecular weight is 203 g/mol. The summed E-state index contributed by atoms with van der Waals surface area (Å²) in [4.78, 5) is 11.0. The standard InChI is InChI=1S/C9H8F3NO/c1-2-5-13-6-7(9(10,11)12)3-4-8(13)14/h2-4,6H,1,5H2. The molecule has 1 heterocycles. The molecule has 1 rings (SSSR count). The average Bonchev–Trinajstić information content (AvgIpc) is 2.07. The highest BCUT2D eigenvalue weighted by Crippen LogP contribution is 2.27. The molecule has 0 saturated heterocycles. The normalized spacial score (nSPS) is 11.4. The Hall–Kier alpha value is -1.52. The number of alkyl halides is 3. The van der Waals surface area contributed by atoms with Crippen LogP contribution in [0.1, 0.15) is 5.56 Å². The molecule has 0 aliphatic rings. The fourth-order valence-corrected chi connectivity index (χ4v) is 0.981. The van der Waals surface area contributed by atoms with Crippen LogP contribution < -0.4 is 5.56 Å². The van der Waals surface area contributed by atoms with E-state index in [2.05, 4.69) is 6.58 Å². The number of halogens is 3. The monoisotopic (exact) mass is 203 g/mol. The van der Waals surface area contributed by atoms with Crippen LogP contribution in [0.3, 0.4) is 0 Å². The van der Waals surface area contributed by atoms with Crippen LogP contribution in [0.5, 0.6) is 0 Å². The zero-order valence-electron chi connectivity index (χ0n) is 7.21. The lowest BCUT2D eigenvalue weighted by Crippen LogP contribution is -2.20. The molecular formula is C9H8F3NO. The molecule has 1 aromatic heterocycles. The summed E-state index contributed by atoms with van der Waals surface area (Å²) in [6.45, 7) is 3.42. The number of hydrogen-bond donors (Lipinski definition) is 0. The Labute approximate surface area is 78.3 Å². The Balaban J connectivity index is 3.19. The molecule has 0 unspecified atom stereocenters. The lowest BCUT2D eigenvalue weighted by molar-refractivity contribution is -0.138. The van der Waals surface area contributed by atoms with Crippen LogP contribution in [-0.4, -0.2) is 4.57 Å². The van der Waals surface area contributed by atoms with Gasteiger partial charge in [0.1, 0.15) is 0 Å². The summed E-state index contributed by atoms with van der Waals surface area (Å²) in [5.41, 5.74) is -1.31. The van der Waals surface area contributed by atoms with Crippen LogP contribution in [0.15, 0.2) is 35.8 Å². The van der Waals surface area contributed by atoms with Gasteiger partial charge in [-0.2, -0.15) is 13.2 Å². The van der Waals surface area contributed by atoms with Gasteiger partial charge in [0.15, 0.2) is 0 Å². The number of hydrogen-bond acceptors (Lipinski definition) is 1. The second-order valence-electron chi connectivity index (χ2n) is 2.69. The van der Waals surface area contributed by atoms with Crippen molar-refractivity contribution >= 4 is 0 Å². The highest BCUT2D eigenvalue weighted by Gasteiger charge is 2.30. The van der Waals surface area contributed by atoms with Crippen molar-refractivity contribution in [3.8, 4) is 0 Å². The van der Waals surface area contributed by atoms with E-state index in [9.17, 15) is 18.0 Å². The number of pyridine rings is 1. The van der Waals surface area contributed by atoms with E-state index in [-0.39, 0.29) is 6.54 Å².